The first-order valence-corrected chi connectivity index (χ1v) is 3.19. The maximum Gasteiger partial charge on any atom is 0.150 e. The molecule has 2 nitrogen and oxygen atoms in total. The van der Waals surface area contributed by atoms with Gasteiger partial charge in [-0.1, -0.05) is 0 Å². The van der Waals surface area contributed by atoms with Gasteiger partial charge in [-0.25, -0.2) is 4.98 Å². The molecule has 0 fully saturated rings. The van der Waals surface area contributed by atoms with Crippen LogP contribution in [0.5, 0.6) is 0 Å². The van der Waals surface area contributed by atoms with Crippen molar-refractivity contribution in [3.05, 3.63) is 28.5 Å². The maximum absolute atomic E-state index is 10.1. The normalized spacial score (nSPS) is 8.10. The molecule has 1 aromatic heterocycles. The summed E-state index contributed by atoms with van der Waals surface area (Å²) in [6.07, 6.45) is 2.36. The van der Waals surface area contributed by atoms with Gasteiger partial charge < -0.3 is 0 Å². The average Bonchev–Trinajstić information content (AvgIpc) is 1.88. The second-order valence-electron chi connectivity index (χ2n) is 1.53. The van der Waals surface area contributed by atoms with E-state index in [0.29, 0.717) is 10.2 Å². The average molecular weight is 226 g/mol. The molecule has 4 heteroatoms. The fourth-order valence-electron chi connectivity index (χ4n) is 0.491. The van der Waals surface area contributed by atoms with Crippen molar-refractivity contribution in [3.63, 3.8) is 0 Å². The number of hydrogen-bond donors (Lipinski definition) is 0. The van der Waals surface area contributed by atoms with Gasteiger partial charge >= 0.3 is 0 Å². The SMILES string of the molecule is O=Cc1ccnc(Br)c1.[Ar]. The first-order chi connectivity index (χ1) is 4.33. The molecule has 0 saturated heterocycles. The summed E-state index contributed by atoms with van der Waals surface area (Å²) < 4.78 is 0.687. The fourth-order valence-corrected chi connectivity index (χ4v) is 0.873. The van der Waals surface area contributed by atoms with Gasteiger partial charge in [0.25, 0.3) is 0 Å². The molecule has 0 aromatic carbocycles. The third-order valence-corrected chi connectivity index (χ3v) is 1.32. The molecular weight excluding hydrogens is 222 g/mol. The summed E-state index contributed by atoms with van der Waals surface area (Å²) in [6, 6.07) is 3.31. The van der Waals surface area contributed by atoms with E-state index in [9.17, 15) is 4.79 Å². The Morgan fingerprint density at radius 3 is 2.70 bits per heavy atom. The number of halogens is 1. The molecule has 0 aliphatic carbocycles. The smallest absolute Gasteiger partial charge is 0.150 e. The van der Waals surface area contributed by atoms with Gasteiger partial charge in [-0.3, -0.25) is 4.79 Å². The molecule has 1 aromatic rings. The van der Waals surface area contributed by atoms with E-state index in [1.807, 2.05) is 0 Å². The second kappa shape index (κ2) is 5.24. The monoisotopic (exact) mass is 225 g/mol. The van der Waals surface area contributed by atoms with E-state index in [-0.39, 0.29) is 37.7 Å². The molecule has 54 valence electrons. The van der Waals surface area contributed by atoms with Gasteiger partial charge in [0.05, 0.1) is 0 Å². The Bertz CT molecular complexity index is 229. The summed E-state index contributed by atoms with van der Waals surface area (Å²) in [7, 11) is 0. The molecule has 0 bridgehead atoms. The number of hydrogen-bond acceptors (Lipinski definition) is 2. The minimum atomic E-state index is 0. The van der Waals surface area contributed by atoms with E-state index in [1.165, 1.54) is 0 Å². The van der Waals surface area contributed by atoms with Gasteiger partial charge in [-0.15, -0.1) is 0 Å². The summed E-state index contributed by atoms with van der Waals surface area (Å²) in [5, 5.41) is 0. The van der Waals surface area contributed by atoms with Gasteiger partial charge in [0, 0.05) is 49.5 Å². The number of carbonyl (C=O) groups excluding carboxylic acids is 1. The second-order valence-corrected chi connectivity index (χ2v) is 2.34. The molecule has 0 amide bonds. The molecule has 0 spiro atoms. The van der Waals surface area contributed by atoms with Crippen LogP contribution in [0.25, 0.3) is 0 Å². The molecular formula is C6H4ArBrNO. The van der Waals surface area contributed by atoms with Crippen molar-refractivity contribution in [3.8, 4) is 0 Å². The van der Waals surface area contributed by atoms with Crippen molar-refractivity contribution in [2.75, 3.05) is 0 Å². The number of rotatable bonds is 1. The van der Waals surface area contributed by atoms with Gasteiger partial charge in [-0.2, -0.15) is 0 Å². The Labute approximate surface area is 97.2 Å². The Kier molecular flexibility index (Phi) is 5.54. The number of pyridine rings is 1. The zero-order valence-corrected chi connectivity index (χ0v) is 7.19. The summed E-state index contributed by atoms with van der Waals surface area (Å²) in [5.74, 6) is 0. The Morgan fingerprint density at radius 2 is 2.30 bits per heavy atom. The Hall–Kier alpha value is 0.560. The van der Waals surface area contributed by atoms with Gasteiger partial charge in [0.1, 0.15) is 10.9 Å². The molecule has 1 rings (SSSR count). The van der Waals surface area contributed by atoms with Crippen LogP contribution >= 0.6 is 15.9 Å². The van der Waals surface area contributed by atoms with Crippen LogP contribution in [0.4, 0.5) is 0 Å². The largest absolute Gasteiger partial charge is 0.298 e. The number of nitrogens with zero attached hydrogens (tertiary/aromatic N) is 1. The van der Waals surface area contributed by atoms with Gasteiger partial charge in [0.15, 0.2) is 0 Å². The maximum atomic E-state index is 10.1. The van der Waals surface area contributed by atoms with Crippen molar-refractivity contribution in [1.29, 1.82) is 0 Å². The van der Waals surface area contributed by atoms with Crippen molar-refractivity contribution in [1.82, 2.24) is 4.98 Å². The summed E-state index contributed by atoms with van der Waals surface area (Å²) in [4.78, 5) is 14.0. The van der Waals surface area contributed by atoms with Crippen LogP contribution in [0.15, 0.2) is 22.9 Å². The first kappa shape index (κ1) is 10.6. The van der Waals surface area contributed by atoms with E-state index >= 15 is 0 Å². The summed E-state index contributed by atoms with van der Waals surface area (Å²) in [6.45, 7) is 0. The van der Waals surface area contributed by atoms with E-state index in [0.717, 1.165) is 6.29 Å². The molecule has 0 N–H and O–H groups in total. The molecule has 0 aliphatic rings. The molecule has 0 unspecified atom stereocenters. The molecule has 0 aliphatic heterocycles. The van der Waals surface area contributed by atoms with Crippen LogP contribution in [0, 0.1) is 37.7 Å². The zero-order valence-electron chi connectivity index (χ0n) is 4.90. The van der Waals surface area contributed by atoms with E-state index in [2.05, 4.69) is 20.9 Å². The number of aromatic nitrogens is 1. The van der Waals surface area contributed by atoms with Crippen LogP contribution in [0.3, 0.4) is 0 Å². The predicted octanol–water partition coefficient (Wildman–Crippen LogP) is 1.66. The number of aldehydes is 1. The van der Waals surface area contributed by atoms with Crippen molar-refractivity contribution in [2.24, 2.45) is 0 Å². The van der Waals surface area contributed by atoms with Crippen molar-refractivity contribution >= 4 is 22.2 Å². The van der Waals surface area contributed by atoms with Gasteiger partial charge in [0.2, 0.25) is 0 Å². The van der Waals surface area contributed by atoms with Gasteiger partial charge in [-0.05, 0) is 28.1 Å². The summed E-state index contributed by atoms with van der Waals surface area (Å²) >= 11 is 3.13. The quantitative estimate of drug-likeness (QED) is 0.538. The fraction of sp³-hybridized carbons (Fsp3) is 0. The van der Waals surface area contributed by atoms with Crippen molar-refractivity contribution in [2.45, 2.75) is 0 Å². The molecule has 0 radical (unpaired) electrons. The minimum absolute atomic E-state index is 0. The van der Waals surface area contributed by atoms with E-state index in [4.69, 9.17) is 0 Å². The molecule has 10 heavy (non-hydrogen) atoms. The van der Waals surface area contributed by atoms with E-state index < -0.39 is 0 Å². The molecule has 0 saturated carbocycles. The predicted molar refractivity (Wildman–Crippen MR) is 37.3 cm³/mol. The first-order valence-electron chi connectivity index (χ1n) is 2.39. The van der Waals surface area contributed by atoms with Crippen LogP contribution in [0.2, 0.25) is 0 Å². The summed E-state index contributed by atoms with van der Waals surface area (Å²) in [5.41, 5.74) is 0.636. The van der Waals surface area contributed by atoms with Crippen LogP contribution < -0.4 is 0 Å². The van der Waals surface area contributed by atoms with Crippen LogP contribution in [-0.4, -0.2) is 11.3 Å². The molecule has 0 atom stereocenters. The Balaban J connectivity index is 0.000000810. The van der Waals surface area contributed by atoms with Crippen LogP contribution in [0.1, 0.15) is 10.4 Å². The molecule has 1 heterocycles. The minimum Gasteiger partial charge on any atom is -0.298 e. The zero-order chi connectivity index (χ0) is 6.69. The van der Waals surface area contributed by atoms with E-state index in [1.54, 1.807) is 18.3 Å². The number of carbonyl (C=O) groups is 1. The topological polar surface area (TPSA) is 30.0 Å². The third-order valence-electron chi connectivity index (χ3n) is 0.887. The van der Waals surface area contributed by atoms with Crippen molar-refractivity contribution < 1.29 is 42.5 Å². The standard InChI is InChI=1S/C6H4BrNO.Ar/c7-6-3-5(4-9)1-2-8-6;/h1-4H;. The third kappa shape index (κ3) is 3.10. The Morgan fingerprint density at radius 1 is 1.60 bits per heavy atom. The van der Waals surface area contributed by atoms with Crippen LogP contribution in [-0.2, 0) is 0 Å².